The van der Waals surface area contributed by atoms with Gasteiger partial charge in [-0.1, -0.05) is 48.0 Å². The molecular weight excluding hydrogens is 315 g/mol. The Morgan fingerprint density at radius 1 is 1.05 bits per heavy atom. The fraction of sp³-hybridized carbons (Fsp3) is 0.222. The molecule has 0 radical (unpaired) electrons. The Labute approximate surface area is 139 Å². The maximum Gasteiger partial charge on any atom is 0.0613 e. The molecule has 2 nitrogen and oxygen atoms in total. The Morgan fingerprint density at radius 3 is 2.64 bits per heavy atom. The molecule has 0 saturated heterocycles. The molecule has 2 atom stereocenters. The van der Waals surface area contributed by atoms with Gasteiger partial charge in [0.05, 0.1) is 6.04 Å². The number of H-pyrrole nitrogens is 1. The van der Waals surface area contributed by atoms with E-state index < -0.39 is 0 Å². The van der Waals surface area contributed by atoms with Gasteiger partial charge >= 0.3 is 0 Å². The predicted octanol–water partition coefficient (Wildman–Crippen LogP) is 4.84. The monoisotopic (exact) mass is 330 g/mol. The van der Waals surface area contributed by atoms with Gasteiger partial charge in [-0.2, -0.15) is 0 Å². The Balaban J connectivity index is 1.96. The fourth-order valence-electron chi connectivity index (χ4n) is 3.45. The second kappa shape index (κ2) is 5.62. The highest BCUT2D eigenvalue weighted by molar-refractivity contribution is 6.31. The van der Waals surface area contributed by atoms with Crippen LogP contribution in [0.5, 0.6) is 0 Å². The Bertz CT molecular complexity index is 825. The summed E-state index contributed by atoms with van der Waals surface area (Å²) in [6.45, 7) is 0.843. The van der Waals surface area contributed by atoms with Crippen LogP contribution in [0.1, 0.15) is 28.8 Å². The van der Waals surface area contributed by atoms with Crippen molar-refractivity contribution in [3.05, 3.63) is 70.4 Å². The van der Waals surface area contributed by atoms with Crippen LogP contribution in [-0.2, 0) is 0 Å². The summed E-state index contributed by atoms with van der Waals surface area (Å²) in [7, 11) is 0. The molecule has 4 heteroatoms. The van der Waals surface area contributed by atoms with Gasteiger partial charge in [0.25, 0.3) is 0 Å². The highest BCUT2D eigenvalue weighted by Crippen LogP contribution is 2.41. The third-order valence-electron chi connectivity index (χ3n) is 4.48. The lowest BCUT2D eigenvalue weighted by Crippen LogP contribution is -2.34. The van der Waals surface area contributed by atoms with Crippen LogP contribution in [-0.4, -0.2) is 17.4 Å². The van der Waals surface area contributed by atoms with Gasteiger partial charge in [0, 0.05) is 40.0 Å². The number of para-hydroxylation sites is 1. The molecule has 2 N–H and O–H groups in total. The van der Waals surface area contributed by atoms with Gasteiger partial charge in [-0.3, -0.25) is 0 Å². The number of rotatable bonds is 2. The molecule has 1 aromatic heterocycles. The largest absolute Gasteiger partial charge is 0.357 e. The molecule has 112 valence electrons. The van der Waals surface area contributed by atoms with Crippen LogP contribution in [0.4, 0.5) is 0 Å². The SMILES string of the molecule is ClC[C@@H]1NC[C@H](c2ccccc2Cl)c2c1[nH]c1ccccc21. The predicted molar refractivity (Wildman–Crippen MR) is 93.1 cm³/mol. The summed E-state index contributed by atoms with van der Waals surface area (Å²) in [5.74, 6) is 0.786. The van der Waals surface area contributed by atoms with Crippen LogP contribution in [0.3, 0.4) is 0 Å². The van der Waals surface area contributed by atoms with Crippen molar-refractivity contribution in [2.75, 3.05) is 12.4 Å². The lowest BCUT2D eigenvalue weighted by atomic mass is 9.85. The van der Waals surface area contributed by atoms with Gasteiger partial charge in [-0.15, -0.1) is 11.6 Å². The van der Waals surface area contributed by atoms with Crippen molar-refractivity contribution in [1.82, 2.24) is 10.3 Å². The summed E-state index contributed by atoms with van der Waals surface area (Å²) in [6, 6.07) is 16.7. The van der Waals surface area contributed by atoms with E-state index in [-0.39, 0.29) is 12.0 Å². The Kier molecular flexibility index (Phi) is 3.61. The van der Waals surface area contributed by atoms with E-state index in [9.17, 15) is 0 Å². The topological polar surface area (TPSA) is 27.8 Å². The number of hydrogen-bond donors (Lipinski definition) is 2. The molecule has 0 fully saturated rings. The smallest absolute Gasteiger partial charge is 0.0613 e. The van der Waals surface area contributed by atoms with E-state index in [1.54, 1.807) is 0 Å². The highest BCUT2D eigenvalue weighted by Gasteiger charge is 2.31. The van der Waals surface area contributed by atoms with Crippen LogP contribution in [0, 0.1) is 0 Å². The zero-order valence-electron chi connectivity index (χ0n) is 11.9. The average molecular weight is 331 g/mol. The number of aromatic amines is 1. The third-order valence-corrected chi connectivity index (χ3v) is 5.13. The summed E-state index contributed by atoms with van der Waals surface area (Å²) in [4.78, 5) is 3.55. The van der Waals surface area contributed by atoms with E-state index in [4.69, 9.17) is 23.2 Å². The molecule has 4 rings (SSSR count). The van der Waals surface area contributed by atoms with Crippen molar-refractivity contribution in [2.24, 2.45) is 0 Å². The van der Waals surface area contributed by atoms with E-state index in [1.807, 2.05) is 18.2 Å². The van der Waals surface area contributed by atoms with Crippen molar-refractivity contribution < 1.29 is 0 Å². The number of benzene rings is 2. The van der Waals surface area contributed by atoms with E-state index in [0.717, 1.165) is 22.6 Å². The molecule has 0 saturated carbocycles. The number of nitrogens with one attached hydrogen (secondary N) is 2. The minimum Gasteiger partial charge on any atom is -0.357 e. The number of hydrogen-bond acceptors (Lipinski definition) is 1. The van der Waals surface area contributed by atoms with Crippen LogP contribution < -0.4 is 5.32 Å². The fourth-order valence-corrected chi connectivity index (χ4v) is 3.98. The zero-order chi connectivity index (χ0) is 15.1. The van der Waals surface area contributed by atoms with Gasteiger partial charge in [-0.25, -0.2) is 0 Å². The third kappa shape index (κ3) is 2.14. The molecule has 0 aliphatic carbocycles. The first-order chi connectivity index (χ1) is 10.8. The van der Waals surface area contributed by atoms with Crippen molar-refractivity contribution >= 4 is 34.1 Å². The number of aromatic nitrogens is 1. The lowest BCUT2D eigenvalue weighted by Gasteiger charge is -2.30. The van der Waals surface area contributed by atoms with Crippen LogP contribution in [0.25, 0.3) is 10.9 Å². The molecule has 0 spiro atoms. The van der Waals surface area contributed by atoms with Crippen LogP contribution >= 0.6 is 23.2 Å². The molecule has 0 unspecified atom stereocenters. The van der Waals surface area contributed by atoms with Crippen molar-refractivity contribution in [3.8, 4) is 0 Å². The molecule has 1 aliphatic rings. The van der Waals surface area contributed by atoms with Crippen molar-refractivity contribution in [2.45, 2.75) is 12.0 Å². The van der Waals surface area contributed by atoms with E-state index in [0.29, 0.717) is 5.88 Å². The molecule has 2 heterocycles. The minimum atomic E-state index is 0.155. The summed E-state index contributed by atoms with van der Waals surface area (Å²) in [5, 5.41) is 5.62. The molecule has 0 amide bonds. The van der Waals surface area contributed by atoms with Crippen LogP contribution in [0.2, 0.25) is 5.02 Å². The first kappa shape index (κ1) is 14.1. The number of halogens is 2. The average Bonchev–Trinajstić information content (AvgIpc) is 2.94. The maximum atomic E-state index is 6.45. The summed E-state index contributed by atoms with van der Waals surface area (Å²) in [6.07, 6.45) is 0. The molecular formula is C18H16Cl2N2. The summed E-state index contributed by atoms with van der Waals surface area (Å²) >= 11 is 12.6. The molecule has 0 bridgehead atoms. The Hall–Kier alpha value is -1.48. The lowest BCUT2D eigenvalue weighted by molar-refractivity contribution is 0.506. The zero-order valence-corrected chi connectivity index (χ0v) is 13.5. The number of fused-ring (bicyclic) bond motifs is 3. The van der Waals surface area contributed by atoms with Crippen molar-refractivity contribution in [3.63, 3.8) is 0 Å². The normalized spacial score (nSPS) is 21.0. The van der Waals surface area contributed by atoms with Gasteiger partial charge in [-0.05, 0) is 23.3 Å². The molecule has 22 heavy (non-hydrogen) atoms. The van der Waals surface area contributed by atoms with E-state index >= 15 is 0 Å². The molecule has 1 aliphatic heterocycles. The highest BCUT2D eigenvalue weighted by atomic mass is 35.5. The first-order valence-corrected chi connectivity index (χ1v) is 8.35. The number of alkyl halides is 1. The summed E-state index contributed by atoms with van der Waals surface area (Å²) < 4.78 is 0. The molecule has 3 aromatic rings. The Morgan fingerprint density at radius 2 is 1.82 bits per heavy atom. The maximum absolute atomic E-state index is 6.45. The van der Waals surface area contributed by atoms with Gasteiger partial charge in [0.15, 0.2) is 0 Å². The second-order valence-corrected chi connectivity index (χ2v) is 6.40. The molecule has 2 aromatic carbocycles. The first-order valence-electron chi connectivity index (χ1n) is 7.44. The standard InChI is InChI=1S/C18H16Cl2N2/c19-9-16-18-17(12-6-2-4-8-15(12)22-18)13(10-21-16)11-5-1-3-7-14(11)20/h1-8,13,16,21-22H,9-10H2/t13-,16+/m1/s1. The second-order valence-electron chi connectivity index (χ2n) is 5.69. The summed E-state index contributed by atoms with van der Waals surface area (Å²) in [5.41, 5.74) is 4.83. The van der Waals surface area contributed by atoms with Gasteiger partial charge in [0.1, 0.15) is 0 Å². The van der Waals surface area contributed by atoms with Crippen LogP contribution in [0.15, 0.2) is 48.5 Å². The van der Waals surface area contributed by atoms with Gasteiger partial charge < -0.3 is 10.3 Å². The quantitative estimate of drug-likeness (QED) is 0.647. The van der Waals surface area contributed by atoms with Crippen molar-refractivity contribution in [1.29, 1.82) is 0 Å². The minimum absolute atomic E-state index is 0.155. The van der Waals surface area contributed by atoms with E-state index in [1.165, 1.54) is 16.6 Å². The van der Waals surface area contributed by atoms with E-state index in [2.05, 4.69) is 40.6 Å². The van der Waals surface area contributed by atoms with Gasteiger partial charge in [0.2, 0.25) is 0 Å².